The van der Waals surface area contributed by atoms with Crippen molar-refractivity contribution in [1.29, 1.82) is 0 Å². The fourth-order valence-corrected chi connectivity index (χ4v) is 1.53. The number of rotatable bonds is 6. The van der Waals surface area contributed by atoms with Crippen LogP contribution in [0.2, 0.25) is 0 Å². The van der Waals surface area contributed by atoms with E-state index in [2.05, 4.69) is 55.0 Å². The van der Waals surface area contributed by atoms with Crippen LogP contribution in [0, 0.1) is 0 Å². The van der Waals surface area contributed by atoms with E-state index in [-0.39, 0.29) is 5.54 Å². The van der Waals surface area contributed by atoms with Gasteiger partial charge in [0, 0.05) is 31.6 Å². The van der Waals surface area contributed by atoms with Crippen LogP contribution in [0.3, 0.4) is 0 Å². The van der Waals surface area contributed by atoms with E-state index in [4.69, 9.17) is 4.52 Å². The van der Waals surface area contributed by atoms with Gasteiger partial charge in [-0.15, -0.1) is 0 Å². The molecule has 0 spiro atoms. The fourth-order valence-electron chi connectivity index (χ4n) is 1.53. The van der Waals surface area contributed by atoms with E-state index in [1.807, 2.05) is 0 Å². The molecule has 0 bridgehead atoms. The van der Waals surface area contributed by atoms with Gasteiger partial charge in [-0.2, -0.15) is 4.98 Å². The van der Waals surface area contributed by atoms with Gasteiger partial charge in [0.05, 0.1) is 0 Å². The molecule has 0 aliphatic rings. The van der Waals surface area contributed by atoms with Gasteiger partial charge >= 0.3 is 0 Å². The van der Waals surface area contributed by atoms with Crippen LogP contribution in [-0.4, -0.2) is 35.3 Å². The van der Waals surface area contributed by atoms with Crippen molar-refractivity contribution in [2.75, 3.05) is 24.5 Å². The minimum absolute atomic E-state index is 0.127. The number of nitrogens with zero attached hydrogens (tertiary/aromatic N) is 3. The molecule has 1 heterocycles. The zero-order valence-electron chi connectivity index (χ0n) is 11.6. The second-order valence-electron chi connectivity index (χ2n) is 5.09. The van der Waals surface area contributed by atoms with E-state index in [1.165, 1.54) is 0 Å². The van der Waals surface area contributed by atoms with Crippen molar-refractivity contribution >= 4 is 5.95 Å². The van der Waals surface area contributed by atoms with Crippen molar-refractivity contribution in [2.24, 2.45) is 0 Å². The number of hydrogen-bond acceptors (Lipinski definition) is 5. The molecule has 0 saturated heterocycles. The first-order valence-electron chi connectivity index (χ1n) is 6.28. The molecule has 1 aromatic heterocycles. The molecule has 0 atom stereocenters. The Morgan fingerprint density at radius 1 is 1.24 bits per heavy atom. The highest BCUT2D eigenvalue weighted by atomic mass is 16.5. The summed E-state index contributed by atoms with van der Waals surface area (Å²) in [5.41, 5.74) is 0.127. The van der Waals surface area contributed by atoms with Gasteiger partial charge in [-0.3, -0.25) is 0 Å². The first-order valence-corrected chi connectivity index (χ1v) is 6.28. The van der Waals surface area contributed by atoms with Gasteiger partial charge in [-0.05, 0) is 39.8 Å². The topological polar surface area (TPSA) is 54.2 Å². The van der Waals surface area contributed by atoms with Crippen molar-refractivity contribution in [3.05, 3.63) is 5.89 Å². The molecule has 0 aliphatic carbocycles. The SMILES string of the molecule is CCN(CC)c1noc(CCNC(C)(C)C)n1. The van der Waals surface area contributed by atoms with Crippen LogP contribution in [-0.2, 0) is 6.42 Å². The maximum Gasteiger partial charge on any atom is 0.266 e. The van der Waals surface area contributed by atoms with Crippen LogP contribution < -0.4 is 10.2 Å². The molecule has 17 heavy (non-hydrogen) atoms. The summed E-state index contributed by atoms with van der Waals surface area (Å²) in [6.07, 6.45) is 0.769. The summed E-state index contributed by atoms with van der Waals surface area (Å²) in [5.74, 6) is 1.39. The summed E-state index contributed by atoms with van der Waals surface area (Å²) in [5, 5.41) is 7.38. The quantitative estimate of drug-likeness (QED) is 0.822. The molecule has 0 aromatic carbocycles. The van der Waals surface area contributed by atoms with Gasteiger partial charge < -0.3 is 14.7 Å². The van der Waals surface area contributed by atoms with Crippen molar-refractivity contribution < 1.29 is 4.52 Å². The van der Waals surface area contributed by atoms with Crippen molar-refractivity contribution in [3.63, 3.8) is 0 Å². The predicted molar refractivity (Wildman–Crippen MR) is 69.3 cm³/mol. The minimum Gasteiger partial charge on any atom is -0.339 e. The highest BCUT2D eigenvalue weighted by molar-refractivity contribution is 5.26. The van der Waals surface area contributed by atoms with E-state index in [0.29, 0.717) is 11.8 Å². The van der Waals surface area contributed by atoms with Gasteiger partial charge in [0.1, 0.15) is 0 Å². The lowest BCUT2D eigenvalue weighted by Crippen LogP contribution is -2.37. The van der Waals surface area contributed by atoms with Gasteiger partial charge in [0.25, 0.3) is 5.95 Å². The molecule has 1 N–H and O–H groups in total. The monoisotopic (exact) mass is 240 g/mol. The number of nitrogens with one attached hydrogen (secondary N) is 1. The molecule has 5 nitrogen and oxygen atoms in total. The largest absolute Gasteiger partial charge is 0.339 e. The molecule has 0 radical (unpaired) electrons. The first kappa shape index (κ1) is 14.0. The molecular formula is C12H24N4O. The number of aromatic nitrogens is 2. The lowest BCUT2D eigenvalue weighted by molar-refractivity contribution is 0.361. The third kappa shape index (κ3) is 4.73. The average molecular weight is 240 g/mol. The van der Waals surface area contributed by atoms with Crippen molar-refractivity contribution in [1.82, 2.24) is 15.5 Å². The standard InChI is InChI=1S/C12H24N4O/c1-6-16(7-2)11-14-10(17-15-11)8-9-13-12(3,4)5/h13H,6-9H2,1-5H3. The highest BCUT2D eigenvalue weighted by Gasteiger charge is 2.12. The number of hydrogen-bond donors (Lipinski definition) is 1. The summed E-state index contributed by atoms with van der Waals surface area (Å²) < 4.78 is 5.22. The Morgan fingerprint density at radius 2 is 1.88 bits per heavy atom. The van der Waals surface area contributed by atoms with Crippen LogP contribution in [0.15, 0.2) is 4.52 Å². The third-order valence-electron chi connectivity index (χ3n) is 2.50. The molecule has 0 saturated carbocycles. The Bertz CT molecular complexity index is 325. The summed E-state index contributed by atoms with van der Waals surface area (Å²) in [6.45, 7) is 13.2. The van der Waals surface area contributed by atoms with Crippen molar-refractivity contribution in [2.45, 2.75) is 46.6 Å². The Hall–Kier alpha value is -1.10. The summed E-state index contributed by atoms with van der Waals surface area (Å²) in [6, 6.07) is 0. The average Bonchev–Trinajstić information content (AvgIpc) is 2.67. The Balaban J connectivity index is 2.46. The Kier molecular flexibility index (Phi) is 4.93. The highest BCUT2D eigenvalue weighted by Crippen LogP contribution is 2.09. The Morgan fingerprint density at radius 3 is 2.41 bits per heavy atom. The van der Waals surface area contributed by atoms with Crippen LogP contribution in [0.25, 0.3) is 0 Å². The third-order valence-corrected chi connectivity index (χ3v) is 2.50. The van der Waals surface area contributed by atoms with Gasteiger partial charge in [0.2, 0.25) is 5.89 Å². The van der Waals surface area contributed by atoms with Crippen molar-refractivity contribution in [3.8, 4) is 0 Å². The van der Waals surface area contributed by atoms with Crippen LogP contribution in [0.1, 0.15) is 40.5 Å². The van der Waals surface area contributed by atoms with E-state index < -0.39 is 0 Å². The summed E-state index contributed by atoms with van der Waals surface area (Å²) >= 11 is 0. The lowest BCUT2D eigenvalue weighted by atomic mass is 10.1. The minimum atomic E-state index is 0.127. The molecule has 0 aliphatic heterocycles. The van der Waals surface area contributed by atoms with Gasteiger partial charge in [-0.1, -0.05) is 0 Å². The van der Waals surface area contributed by atoms with Crippen LogP contribution in [0.5, 0.6) is 0 Å². The second-order valence-corrected chi connectivity index (χ2v) is 5.09. The lowest BCUT2D eigenvalue weighted by Gasteiger charge is -2.19. The van der Waals surface area contributed by atoms with Crippen LogP contribution >= 0.6 is 0 Å². The molecule has 0 fully saturated rings. The normalized spacial score (nSPS) is 11.8. The Labute approximate surface area is 104 Å². The molecular weight excluding hydrogens is 216 g/mol. The molecule has 0 unspecified atom stereocenters. The molecule has 1 rings (SSSR count). The zero-order valence-corrected chi connectivity index (χ0v) is 11.6. The predicted octanol–water partition coefficient (Wildman–Crippen LogP) is 1.85. The fraction of sp³-hybridized carbons (Fsp3) is 0.833. The first-order chi connectivity index (χ1) is 7.96. The van der Waals surface area contributed by atoms with E-state index in [1.54, 1.807) is 0 Å². The number of anilines is 1. The van der Waals surface area contributed by atoms with E-state index in [0.717, 1.165) is 26.1 Å². The molecule has 0 amide bonds. The van der Waals surface area contributed by atoms with E-state index in [9.17, 15) is 0 Å². The maximum atomic E-state index is 5.22. The maximum absolute atomic E-state index is 5.22. The van der Waals surface area contributed by atoms with Gasteiger partial charge in [0.15, 0.2) is 0 Å². The van der Waals surface area contributed by atoms with E-state index >= 15 is 0 Å². The van der Waals surface area contributed by atoms with Gasteiger partial charge in [-0.25, -0.2) is 0 Å². The summed E-state index contributed by atoms with van der Waals surface area (Å²) in [4.78, 5) is 6.45. The molecule has 1 aromatic rings. The summed E-state index contributed by atoms with van der Waals surface area (Å²) in [7, 11) is 0. The smallest absolute Gasteiger partial charge is 0.266 e. The molecule has 5 heteroatoms. The zero-order chi connectivity index (χ0) is 12.9. The molecule has 98 valence electrons. The second kappa shape index (κ2) is 6.00. The van der Waals surface area contributed by atoms with Crippen LogP contribution in [0.4, 0.5) is 5.95 Å².